The molecule has 0 atom stereocenters. The third-order valence-corrected chi connectivity index (χ3v) is 3.61. The summed E-state index contributed by atoms with van der Waals surface area (Å²) in [6, 6.07) is 8.38. The Morgan fingerprint density at radius 2 is 1.92 bits per heavy atom. The zero-order chi connectivity index (χ0) is 17.5. The Kier molecular flexibility index (Phi) is 8.82. The zero-order valence-corrected chi connectivity index (χ0v) is 18.0. The Balaban J connectivity index is 0.00000312. The van der Waals surface area contributed by atoms with Gasteiger partial charge in [-0.1, -0.05) is 12.1 Å². The van der Waals surface area contributed by atoms with Crippen LogP contribution in [0.2, 0.25) is 0 Å². The van der Waals surface area contributed by atoms with Crippen molar-refractivity contribution in [3.8, 4) is 5.75 Å². The number of aromatic nitrogens is 1. The van der Waals surface area contributed by atoms with Crippen molar-refractivity contribution >= 4 is 29.9 Å². The van der Waals surface area contributed by atoms with Crippen LogP contribution in [0.5, 0.6) is 5.75 Å². The van der Waals surface area contributed by atoms with Gasteiger partial charge in [0.25, 0.3) is 0 Å². The highest BCUT2D eigenvalue weighted by Crippen LogP contribution is 2.21. The number of aryl methyl sites for hydroxylation is 2. The van der Waals surface area contributed by atoms with Gasteiger partial charge >= 0.3 is 0 Å². The van der Waals surface area contributed by atoms with Gasteiger partial charge in [-0.15, -0.1) is 24.0 Å². The molecule has 0 aliphatic rings. The minimum absolute atomic E-state index is 0. The molecule has 1 heterocycles. The highest BCUT2D eigenvalue weighted by atomic mass is 127. The molecular formula is C19H29IN4O. The van der Waals surface area contributed by atoms with E-state index in [1.807, 2.05) is 31.7 Å². The minimum Gasteiger partial charge on any atom is -0.491 e. The van der Waals surface area contributed by atoms with Crippen LogP contribution in [0.3, 0.4) is 0 Å². The number of nitrogens with one attached hydrogen (secondary N) is 2. The van der Waals surface area contributed by atoms with Crippen LogP contribution in [0.15, 0.2) is 41.7 Å². The number of benzene rings is 1. The number of hydrogen-bond donors (Lipinski definition) is 2. The predicted molar refractivity (Wildman–Crippen MR) is 115 cm³/mol. The van der Waals surface area contributed by atoms with Gasteiger partial charge in [0, 0.05) is 45.1 Å². The number of guanidine groups is 1. The van der Waals surface area contributed by atoms with Gasteiger partial charge in [0.2, 0.25) is 0 Å². The maximum atomic E-state index is 5.92. The molecule has 2 N–H and O–H groups in total. The van der Waals surface area contributed by atoms with E-state index in [1.165, 1.54) is 11.1 Å². The van der Waals surface area contributed by atoms with Crippen molar-refractivity contribution in [3.05, 3.63) is 53.3 Å². The summed E-state index contributed by atoms with van der Waals surface area (Å²) in [4.78, 5) is 4.28. The summed E-state index contributed by atoms with van der Waals surface area (Å²) in [6.45, 7) is 7.56. The lowest BCUT2D eigenvalue weighted by Gasteiger charge is -2.17. The number of hydrogen-bond acceptors (Lipinski definition) is 2. The molecule has 0 fully saturated rings. The van der Waals surface area contributed by atoms with E-state index in [4.69, 9.17) is 4.74 Å². The molecule has 0 bridgehead atoms. The molecule has 0 aliphatic heterocycles. The Morgan fingerprint density at radius 3 is 2.52 bits per heavy atom. The first-order chi connectivity index (χ1) is 11.5. The van der Waals surface area contributed by atoms with Crippen LogP contribution in [0.4, 0.5) is 0 Å². The monoisotopic (exact) mass is 456 g/mol. The summed E-state index contributed by atoms with van der Waals surface area (Å²) in [7, 11) is 3.80. The summed E-state index contributed by atoms with van der Waals surface area (Å²) in [5.74, 6) is 1.70. The SMILES string of the molecule is CN=C(NCc1ccn(C)c1)NCc1ccc(C)cc1OC(C)C.I. The molecule has 1 aromatic carbocycles. The fraction of sp³-hybridized carbons (Fsp3) is 0.421. The summed E-state index contributed by atoms with van der Waals surface area (Å²) in [5.41, 5.74) is 3.54. The molecule has 1 aromatic heterocycles. The van der Waals surface area contributed by atoms with Gasteiger partial charge in [-0.25, -0.2) is 0 Å². The van der Waals surface area contributed by atoms with Gasteiger partial charge < -0.3 is 19.9 Å². The van der Waals surface area contributed by atoms with Crippen molar-refractivity contribution in [3.63, 3.8) is 0 Å². The lowest BCUT2D eigenvalue weighted by atomic mass is 10.1. The highest BCUT2D eigenvalue weighted by Gasteiger charge is 2.07. The maximum absolute atomic E-state index is 5.92. The molecule has 0 saturated heterocycles. The van der Waals surface area contributed by atoms with Crippen LogP contribution >= 0.6 is 24.0 Å². The van der Waals surface area contributed by atoms with E-state index >= 15 is 0 Å². The topological polar surface area (TPSA) is 50.6 Å². The van der Waals surface area contributed by atoms with Gasteiger partial charge in [0.15, 0.2) is 5.96 Å². The molecule has 25 heavy (non-hydrogen) atoms. The molecule has 0 amide bonds. The number of aliphatic imine (C=N–C) groups is 1. The average Bonchev–Trinajstić information content (AvgIpc) is 2.94. The van der Waals surface area contributed by atoms with Gasteiger partial charge in [-0.3, -0.25) is 4.99 Å². The van der Waals surface area contributed by atoms with E-state index in [1.54, 1.807) is 7.05 Å². The molecule has 6 heteroatoms. The lowest BCUT2D eigenvalue weighted by molar-refractivity contribution is 0.239. The number of halogens is 1. The van der Waals surface area contributed by atoms with Crippen molar-refractivity contribution in [1.82, 2.24) is 15.2 Å². The second-order valence-electron chi connectivity index (χ2n) is 6.24. The fourth-order valence-electron chi connectivity index (χ4n) is 2.42. The zero-order valence-electron chi connectivity index (χ0n) is 15.7. The average molecular weight is 456 g/mol. The van der Waals surface area contributed by atoms with Gasteiger partial charge in [0.1, 0.15) is 5.75 Å². The smallest absolute Gasteiger partial charge is 0.191 e. The third kappa shape index (κ3) is 6.97. The van der Waals surface area contributed by atoms with E-state index in [0.29, 0.717) is 6.54 Å². The van der Waals surface area contributed by atoms with E-state index < -0.39 is 0 Å². The van der Waals surface area contributed by atoms with Crippen molar-refractivity contribution < 1.29 is 4.74 Å². The quantitative estimate of drug-likeness (QED) is 0.397. The van der Waals surface area contributed by atoms with Crippen LogP contribution < -0.4 is 15.4 Å². The highest BCUT2D eigenvalue weighted by molar-refractivity contribution is 14.0. The molecule has 5 nitrogen and oxygen atoms in total. The van der Waals surface area contributed by atoms with Crippen molar-refractivity contribution in [2.45, 2.75) is 40.0 Å². The first-order valence-corrected chi connectivity index (χ1v) is 8.29. The lowest BCUT2D eigenvalue weighted by Crippen LogP contribution is -2.36. The molecular weight excluding hydrogens is 427 g/mol. The summed E-state index contributed by atoms with van der Waals surface area (Å²) < 4.78 is 7.96. The second kappa shape index (κ2) is 10.3. The van der Waals surface area contributed by atoms with Crippen LogP contribution in [0.25, 0.3) is 0 Å². The van der Waals surface area contributed by atoms with Crippen LogP contribution in [0, 0.1) is 6.92 Å². The molecule has 138 valence electrons. The van der Waals surface area contributed by atoms with E-state index in [9.17, 15) is 0 Å². The van der Waals surface area contributed by atoms with Crippen LogP contribution in [-0.2, 0) is 20.1 Å². The minimum atomic E-state index is 0. The Labute approximate surface area is 167 Å². The van der Waals surface area contributed by atoms with Gasteiger partial charge in [-0.2, -0.15) is 0 Å². The van der Waals surface area contributed by atoms with Crippen molar-refractivity contribution in [1.29, 1.82) is 0 Å². The van der Waals surface area contributed by atoms with Gasteiger partial charge in [-0.05, 0) is 44.0 Å². The predicted octanol–water partition coefficient (Wildman–Crippen LogP) is 3.60. The Hall–Kier alpha value is -1.70. The molecule has 0 spiro atoms. The Bertz CT molecular complexity index is 694. The molecule has 0 saturated carbocycles. The normalized spacial score (nSPS) is 11.2. The summed E-state index contributed by atoms with van der Waals surface area (Å²) in [5, 5.41) is 6.67. The Morgan fingerprint density at radius 1 is 1.20 bits per heavy atom. The molecule has 2 aromatic rings. The molecule has 0 unspecified atom stereocenters. The first-order valence-electron chi connectivity index (χ1n) is 8.29. The fourth-order valence-corrected chi connectivity index (χ4v) is 2.42. The van der Waals surface area contributed by atoms with Gasteiger partial charge in [0.05, 0.1) is 6.10 Å². The summed E-state index contributed by atoms with van der Waals surface area (Å²) >= 11 is 0. The summed E-state index contributed by atoms with van der Waals surface area (Å²) in [6.07, 6.45) is 4.28. The molecule has 0 aliphatic carbocycles. The van der Waals surface area contributed by atoms with Crippen molar-refractivity contribution in [2.24, 2.45) is 12.0 Å². The number of ether oxygens (including phenoxy) is 1. The second-order valence-corrected chi connectivity index (χ2v) is 6.24. The van der Waals surface area contributed by atoms with Crippen LogP contribution in [-0.4, -0.2) is 23.7 Å². The third-order valence-electron chi connectivity index (χ3n) is 3.61. The number of rotatable bonds is 6. The molecule has 2 rings (SSSR count). The molecule has 0 radical (unpaired) electrons. The van der Waals surface area contributed by atoms with E-state index in [0.717, 1.165) is 23.8 Å². The van der Waals surface area contributed by atoms with Crippen molar-refractivity contribution in [2.75, 3.05) is 7.05 Å². The standard InChI is InChI=1S/C19H28N4O.HI/c1-14(2)24-18-10-15(3)6-7-17(18)12-22-19(20-4)21-11-16-8-9-23(5)13-16;/h6-10,13-14H,11-12H2,1-5H3,(H2,20,21,22);1H. The maximum Gasteiger partial charge on any atom is 0.191 e. The van der Waals surface area contributed by atoms with Crippen LogP contribution in [0.1, 0.15) is 30.5 Å². The number of nitrogens with zero attached hydrogens (tertiary/aromatic N) is 2. The largest absolute Gasteiger partial charge is 0.491 e. The van der Waals surface area contributed by atoms with E-state index in [2.05, 4.69) is 53.0 Å². The van der Waals surface area contributed by atoms with E-state index in [-0.39, 0.29) is 30.1 Å². The first kappa shape index (κ1) is 21.3.